The normalized spacial score (nSPS) is 11.3. The lowest BCUT2D eigenvalue weighted by Crippen LogP contribution is -2.15. The van der Waals surface area contributed by atoms with Crippen molar-refractivity contribution >= 4 is 15.8 Å². The number of pyridine rings is 1. The SMILES string of the molecule is CCc1ccc(S(=O)(=O)Nc2ccccn2)cc1CN. The van der Waals surface area contributed by atoms with Crippen molar-refractivity contribution in [2.24, 2.45) is 5.73 Å². The molecule has 0 aliphatic carbocycles. The zero-order valence-electron chi connectivity index (χ0n) is 11.2. The summed E-state index contributed by atoms with van der Waals surface area (Å²) in [6.07, 6.45) is 2.35. The van der Waals surface area contributed by atoms with Crippen LogP contribution in [0, 0.1) is 0 Å². The fourth-order valence-electron chi connectivity index (χ4n) is 1.92. The van der Waals surface area contributed by atoms with E-state index in [1.54, 1.807) is 36.4 Å². The number of benzene rings is 1. The maximum atomic E-state index is 12.3. The predicted molar refractivity (Wildman–Crippen MR) is 78.8 cm³/mol. The molecule has 0 atom stereocenters. The number of nitrogens with two attached hydrogens (primary N) is 1. The zero-order valence-corrected chi connectivity index (χ0v) is 12.0. The van der Waals surface area contributed by atoms with Crippen LogP contribution >= 0.6 is 0 Å². The smallest absolute Gasteiger partial charge is 0.263 e. The van der Waals surface area contributed by atoms with E-state index in [4.69, 9.17) is 5.73 Å². The minimum atomic E-state index is -3.64. The van der Waals surface area contributed by atoms with Crippen LogP contribution in [0.1, 0.15) is 18.1 Å². The summed E-state index contributed by atoms with van der Waals surface area (Å²) >= 11 is 0. The number of hydrogen-bond donors (Lipinski definition) is 2. The number of aryl methyl sites for hydroxylation is 1. The molecule has 0 unspecified atom stereocenters. The van der Waals surface area contributed by atoms with Gasteiger partial charge < -0.3 is 5.73 Å². The maximum absolute atomic E-state index is 12.3. The van der Waals surface area contributed by atoms with Gasteiger partial charge in [0.25, 0.3) is 10.0 Å². The van der Waals surface area contributed by atoms with Crippen molar-refractivity contribution in [1.29, 1.82) is 0 Å². The third-order valence-electron chi connectivity index (χ3n) is 2.99. The Morgan fingerprint density at radius 2 is 2.00 bits per heavy atom. The summed E-state index contributed by atoms with van der Waals surface area (Å²) in [4.78, 5) is 4.15. The van der Waals surface area contributed by atoms with Gasteiger partial charge in [-0.15, -0.1) is 0 Å². The lowest BCUT2D eigenvalue weighted by atomic mass is 10.1. The van der Waals surface area contributed by atoms with Crippen LogP contribution < -0.4 is 10.5 Å². The van der Waals surface area contributed by atoms with E-state index in [1.807, 2.05) is 6.92 Å². The molecule has 0 amide bonds. The van der Waals surface area contributed by atoms with Gasteiger partial charge in [0.2, 0.25) is 0 Å². The molecular formula is C14H17N3O2S. The number of nitrogens with one attached hydrogen (secondary N) is 1. The Bertz CT molecular complexity index is 685. The quantitative estimate of drug-likeness (QED) is 0.881. The summed E-state index contributed by atoms with van der Waals surface area (Å²) in [5.41, 5.74) is 7.57. The Kier molecular flexibility index (Phi) is 4.36. The number of aromatic nitrogens is 1. The van der Waals surface area contributed by atoms with E-state index in [2.05, 4.69) is 9.71 Å². The third-order valence-corrected chi connectivity index (χ3v) is 4.35. The van der Waals surface area contributed by atoms with E-state index in [9.17, 15) is 8.42 Å². The molecule has 0 spiro atoms. The van der Waals surface area contributed by atoms with Crippen LogP contribution in [0.4, 0.5) is 5.82 Å². The summed E-state index contributed by atoms with van der Waals surface area (Å²) in [7, 11) is -3.64. The highest BCUT2D eigenvalue weighted by Crippen LogP contribution is 2.18. The Hall–Kier alpha value is -1.92. The number of rotatable bonds is 5. The molecule has 0 radical (unpaired) electrons. The van der Waals surface area contributed by atoms with Gasteiger partial charge in [0, 0.05) is 12.7 Å². The fraction of sp³-hybridized carbons (Fsp3) is 0.214. The zero-order chi connectivity index (χ0) is 14.6. The lowest BCUT2D eigenvalue weighted by molar-refractivity contribution is 0.601. The van der Waals surface area contributed by atoms with E-state index < -0.39 is 10.0 Å². The molecule has 0 saturated carbocycles. The summed E-state index contributed by atoms with van der Waals surface area (Å²) in [5.74, 6) is 0.293. The molecule has 2 aromatic rings. The number of anilines is 1. The van der Waals surface area contributed by atoms with Crippen LogP contribution in [0.15, 0.2) is 47.5 Å². The summed E-state index contributed by atoms with van der Waals surface area (Å²) in [6.45, 7) is 2.32. The average Bonchev–Trinajstić information content (AvgIpc) is 2.47. The van der Waals surface area contributed by atoms with E-state index >= 15 is 0 Å². The van der Waals surface area contributed by atoms with Crippen LogP contribution in [-0.4, -0.2) is 13.4 Å². The molecule has 5 nitrogen and oxygen atoms in total. The Morgan fingerprint density at radius 1 is 1.20 bits per heavy atom. The molecule has 3 N–H and O–H groups in total. The number of sulfonamides is 1. The third kappa shape index (κ3) is 3.15. The fourth-order valence-corrected chi connectivity index (χ4v) is 2.98. The minimum absolute atomic E-state index is 0.195. The first-order chi connectivity index (χ1) is 9.56. The first-order valence-electron chi connectivity index (χ1n) is 6.32. The summed E-state index contributed by atoms with van der Waals surface area (Å²) < 4.78 is 27.0. The van der Waals surface area contributed by atoms with Gasteiger partial charge in [0.1, 0.15) is 5.82 Å². The first kappa shape index (κ1) is 14.5. The lowest BCUT2D eigenvalue weighted by Gasteiger charge is -2.11. The minimum Gasteiger partial charge on any atom is -0.326 e. The second kappa shape index (κ2) is 6.02. The van der Waals surface area contributed by atoms with Crippen molar-refractivity contribution < 1.29 is 8.42 Å². The standard InChI is InChI=1S/C14H17N3O2S/c1-2-11-6-7-13(9-12(11)10-15)20(18,19)17-14-5-3-4-8-16-14/h3-9H,2,10,15H2,1H3,(H,16,17). The summed E-state index contributed by atoms with van der Waals surface area (Å²) in [6, 6.07) is 10.0. The molecule has 1 aromatic heterocycles. The van der Waals surface area contributed by atoms with Crippen LogP contribution in [0.5, 0.6) is 0 Å². The molecule has 6 heteroatoms. The van der Waals surface area contributed by atoms with Crippen LogP contribution in [-0.2, 0) is 23.0 Å². The van der Waals surface area contributed by atoms with Gasteiger partial charge in [0.05, 0.1) is 4.90 Å². The highest BCUT2D eigenvalue weighted by molar-refractivity contribution is 7.92. The van der Waals surface area contributed by atoms with E-state index in [0.717, 1.165) is 17.5 Å². The summed E-state index contributed by atoms with van der Waals surface area (Å²) in [5, 5.41) is 0. The van der Waals surface area contributed by atoms with E-state index in [0.29, 0.717) is 12.4 Å². The Labute approximate surface area is 118 Å². The molecule has 0 saturated heterocycles. The molecule has 0 fully saturated rings. The van der Waals surface area contributed by atoms with E-state index in [-0.39, 0.29) is 4.90 Å². The number of hydrogen-bond acceptors (Lipinski definition) is 4. The molecule has 0 bridgehead atoms. The number of nitrogens with zero attached hydrogens (tertiary/aromatic N) is 1. The predicted octanol–water partition coefficient (Wildman–Crippen LogP) is 1.90. The Balaban J connectivity index is 2.35. The van der Waals surface area contributed by atoms with Gasteiger partial charge in [-0.05, 0) is 41.8 Å². The van der Waals surface area contributed by atoms with Gasteiger partial charge in [-0.3, -0.25) is 4.72 Å². The van der Waals surface area contributed by atoms with E-state index in [1.165, 1.54) is 6.20 Å². The van der Waals surface area contributed by atoms with Gasteiger partial charge >= 0.3 is 0 Å². The molecule has 1 aromatic carbocycles. The molecule has 0 aliphatic heterocycles. The second-order valence-corrected chi connectivity index (χ2v) is 5.99. The van der Waals surface area contributed by atoms with Crippen molar-refractivity contribution in [1.82, 2.24) is 4.98 Å². The molecule has 106 valence electrons. The average molecular weight is 291 g/mol. The van der Waals surface area contributed by atoms with Crippen LogP contribution in [0.3, 0.4) is 0 Å². The van der Waals surface area contributed by atoms with Crippen molar-refractivity contribution in [3.8, 4) is 0 Å². The Morgan fingerprint density at radius 3 is 2.60 bits per heavy atom. The topological polar surface area (TPSA) is 85.1 Å². The molecular weight excluding hydrogens is 274 g/mol. The van der Waals surface area contributed by atoms with Gasteiger partial charge in [-0.2, -0.15) is 0 Å². The maximum Gasteiger partial charge on any atom is 0.263 e. The van der Waals surface area contributed by atoms with Crippen molar-refractivity contribution in [2.45, 2.75) is 24.8 Å². The van der Waals surface area contributed by atoms with Gasteiger partial charge in [-0.1, -0.05) is 19.1 Å². The molecule has 20 heavy (non-hydrogen) atoms. The van der Waals surface area contributed by atoms with Gasteiger partial charge in [-0.25, -0.2) is 13.4 Å². The first-order valence-corrected chi connectivity index (χ1v) is 7.81. The second-order valence-electron chi connectivity index (χ2n) is 4.31. The molecule has 2 rings (SSSR count). The van der Waals surface area contributed by atoms with Crippen LogP contribution in [0.2, 0.25) is 0 Å². The van der Waals surface area contributed by atoms with Crippen molar-refractivity contribution in [3.05, 3.63) is 53.7 Å². The molecule has 1 heterocycles. The molecule has 0 aliphatic rings. The highest BCUT2D eigenvalue weighted by Gasteiger charge is 2.16. The van der Waals surface area contributed by atoms with Gasteiger partial charge in [0.15, 0.2) is 0 Å². The van der Waals surface area contributed by atoms with Crippen molar-refractivity contribution in [2.75, 3.05) is 4.72 Å². The van der Waals surface area contributed by atoms with Crippen molar-refractivity contribution in [3.63, 3.8) is 0 Å². The van der Waals surface area contributed by atoms with Crippen LogP contribution in [0.25, 0.3) is 0 Å². The monoisotopic (exact) mass is 291 g/mol. The highest BCUT2D eigenvalue weighted by atomic mass is 32.2. The largest absolute Gasteiger partial charge is 0.326 e.